The summed E-state index contributed by atoms with van der Waals surface area (Å²) in [6.45, 7) is 5.23. The SMILES string of the molecule is CC1(C(=O)NCc2ccc(CNC(=O)C3(C)CCCNC3=O)cc2)CCCNC1=O. The van der Waals surface area contributed by atoms with Crippen molar-refractivity contribution >= 4 is 23.6 Å². The molecule has 4 N–H and O–H groups in total. The van der Waals surface area contributed by atoms with Gasteiger partial charge in [0.05, 0.1) is 0 Å². The first kappa shape index (κ1) is 21.8. The molecule has 8 nitrogen and oxygen atoms in total. The van der Waals surface area contributed by atoms with Crippen molar-refractivity contribution in [2.75, 3.05) is 13.1 Å². The Morgan fingerprint density at radius 2 is 1.17 bits per heavy atom. The minimum absolute atomic E-state index is 0.224. The van der Waals surface area contributed by atoms with Gasteiger partial charge >= 0.3 is 0 Å². The summed E-state index contributed by atoms with van der Waals surface area (Å²) in [5, 5.41) is 11.2. The van der Waals surface area contributed by atoms with Gasteiger partial charge in [-0.3, -0.25) is 19.2 Å². The van der Waals surface area contributed by atoms with Crippen molar-refractivity contribution in [2.24, 2.45) is 10.8 Å². The Balaban J connectivity index is 1.50. The number of carbonyl (C=O) groups excluding carboxylic acids is 4. The fourth-order valence-electron chi connectivity index (χ4n) is 3.87. The molecule has 2 fully saturated rings. The predicted octanol–water partition coefficient (Wildman–Crippen LogP) is 0.752. The molecule has 0 saturated carbocycles. The van der Waals surface area contributed by atoms with Gasteiger partial charge in [0, 0.05) is 26.2 Å². The number of nitrogens with one attached hydrogen (secondary N) is 4. The second-order valence-electron chi connectivity index (χ2n) is 8.56. The van der Waals surface area contributed by atoms with Crippen LogP contribution in [0.1, 0.15) is 50.7 Å². The van der Waals surface area contributed by atoms with E-state index >= 15 is 0 Å². The van der Waals surface area contributed by atoms with E-state index in [1.165, 1.54) is 0 Å². The second kappa shape index (κ2) is 8.85. The zero-order valence-corrected chi connectivity index (χ0v) is 17.6. The first-order valence-electron chi connectivity index (χ1n) is 10.5. The van der Waals surface area contributed by atoms with Crippen molar-refractivity contribution in [2.45, 2.75) is 52.6 Å². The van der Waals surface area contributed by atoms with E-state index in [1.807, 2.05) is 24.3 Å². The number of hydrogen-bond donors (Lipinski definition) is 4. The van der Waals surface area contributed by atoms with Crippen molar-refractivity contribution in [1.82, 2.24) is 21.3 Å². The lowest BCUT2D eigenvalue weighted by Gasteiger charge is -2.31. The van der Waals surface area contributed by atoms with Gasteiger partial charge in [-0.25, -0.2) is 0 Å². The molecule has 2 unspecified atom stereocenters. The molecule has 2 saturated heterocycles. The number of benzene rings is 1. The van der Waals surface area contributed by atoms with Crippen molar-refractivity contribution in [1.29, 1.82) is 0 Å². The standard InChI is InChI=1S/C22H30N4O4/c1-21(9-3-11-23-17(21)27)19(29)25-13-15-5-7-16(8-6-15)14-26-20(30)22(2)10-4-12-24-18(22)28/h5-8H,3-4,9-14H2,1-2H3,(H,23,27)(H,24,28)(H,25,29)(H,26,30). The smallest absolute Gasteiger partial charge is 0.235 e. The van der Waals surface area contributed by atoms with Crippen LogP contribution in [0.15, 0.2) is 24.3 Å². The molecule has 2 aliphatic heterocycles. The van der Waals surface area contributed by atoms with Gasteiger partial charge < -0.3 is 21.3 Å². The zero-order valence-electron chi connectivity index (χ0n) is 17.6. The largest absolute Gasteiger partial charge is 0.355 e. The monoisotopic (exact) mass is 414 g/mol. The molecule has 162 valence electrons. The van der Waals surface area contributed by atoms with Crippen LogP contribution < -0.4 is 21.3 Å². The Hall–Kier alpha value is -2.90. The number of piperidine rings is 2. The Kier molecular flexibility index (Phi) is 6.43. The molecule has 2 aliphatic rings. The minimum atomic E-state index is -1.02. The molecule has 8 heteroatoms. The highest BCUT2D eigenvalue weighted by Gasteiger charge is 2.43. The van der Waals surface area contributed by atoms with Crippen LogP contribution in [0.2, 0.25) is 0 Å². The Morgan fingerprint density at radius 1 is 0.800 bits per heavy atom. The lowest BCUT2D eigenvalue weighted by Crippen LogP contribution is -2.52. The lowest BCUT2D eigenvalue weighted by molar-refractivity contribution is -0.146. The normalized spacial score (nSPS) is 26.3. The van der Waals surface area contributed by atoms with Crippen molar-refractivity contribution in [3.8, 4) is 0 Å². The van der Waals surface area contributed by atoms with E-state index in [-0.39, 0.29) is 23.6 Å². The molecule has 0 spiro atoms. The molecule has 1 aromatic rings. The molecule has 1 aromatic carbocycles. The molecular formula is C22H30N4O4. The van der Waals surface area contributed by atoms with Crippen molar-refractivity contribution in [3.05, 3.63) is 35.4 Å². The summed E-state index contributed by atoms with van der Waals surface area (Å²) in [5.41, 5.74) is -0.248. The Labute approximate surface area is 176 Å². The number of carbonyl (C=O) groups is 4. The average molecular weight is 415 g/mol. The summed E-state index contributed by atoms with van der Waals surface area (Å²) >= 11 is 0. The third kappa shape index (κ3) is 4.47. The van der Waals surface area contributed by atoms with E-state index in [1.54, 1.807) is 13.8 Å². The highest BCUT2D eigenvalue weighted by molar-refractivity contribution is 6.05. The van der Waals surface area contributed by atoms with Crippen LogP contribution in [0.3, 0.4) is 0 Å². The maximum Gasteiger partial charge on any atom is 0.235 e. The second-order valence-corrected chi connectivity index (χ2v) is 8.56. The molecule has 0 radical (unpaired) electrons. The number of rotatable bonds is 6. The number of amides is 4. The topological polar surface area (TPSA) is 116 Å². The summed E-state index contributed by atoms with van der Waals surface area (Å²) in [4.78, 5) is 49.1. The summed E-state index contributed by atoms with van der Waals surface area (Å²) in [5.74, 6) is -0.986. The van der Waals surface area contributed by atoms with Gasteiger partial charge in [0.1, 0.15) is 10.8 Å². The van der Waals surface area contributed by atoms with E-state index in [4.69, 9.17) is 0 Å². The fraction of sp³-hybridized carbons (Fsp3) is 0.545. The van der Waals surface area contributed by atoms with E-state index in [0.717, 1.165) is 24.0 Å². The van der Waals surface area contributed by atoms with Crippen LogP contribution in [0.4, 0.5) is 0 Å². The van der Waals surface area contributed by atoms with Gasteiger partial charge in [-0.1, -0.05) is 24.3 Å². The molecule has 0 bridgehead atoms. The van der Waals surface area contributed by atoms with Gasteiger partial charge in [-0.05, 0) is 50.7 Å². The summed E-state index contributed by atoms with van der Waals surface area (Å²) in [6.07, 6.45) is 2.66. The quantitative estimate of drug-likeness (QED) is 0.514. The molecule has 3 rings (SSSR count). The van der Waals surface area contributed by atoms with Crippen LogP contribution in [-0.2, 0) is 32.3 Å². The molecule has 0 aliphatic carbocycles. The van der Waals surface area contributed by atoms with Crippen LogP contribution in [-0.4, -0.2) is 36.7 Å². The molecule has 2 heterocycles. The summed E-state index contributed by atoms with van der Waals surface area (Å²) in [6, 6.07) is 7.50. The molecule has 2 atom stereocenters. The summed E-state index contributed by atoms with van der Waals surface area (Å²) in [7, 11) is 0. The molecule has 30 heavy (non-hydrogen) atoms. The van der Waals surface area contributed by atoms with Crippen LogP contribution in [0, 0.1) is 10.8 Å². The van der Waals surface area contributed by atoms with Gasteiger partial charge in [-0.15, -0.1) is 0 Å². The van der Waals surface area contributed by atoms with E-state index in [2.05, 4.69) is 21.3 Å². The highest BCUT2D eigenvalue weighted by Crippen LogP contribution is 2.28. The van der Waals surface area contributed by atoms with Crippen molar-refractivity contribution < 1.29 is 19.2 Å². The van der Waals surface area contributed by atoms with Crippen LogP contribution in [0.25, 0.3) is 0 Å². The maximum absolute atomic E-state index is 12.5. The summed E-state index contributed by atoms with van der Waals surface area (Å²) < 4.78 is 0. The molecule has 4 amide bonds. The van der Waals surface area contributed by atoms with Crippen LogP contribution in [0.5, 0.6) is 0 Å². The first-order chi connectivity index (χ1) is 14.3. The predicted molar refractivity (Wildman–Crippen MR) is 111 cm³/mol. The highest BCUT2D eigenvalue weighted by atomic mass is 16.2. The fourth-order valence-corrected chi connectivity index (χ4v) is 3.87. The number of hydrogen-bond acceptors (Lipinski definition) is 4. The third-order valence-corrected chi connectivity index (χ3v) is 6.21. The van der Waals surface area contributed by atoms with Gasteiger partial charge in [0.2, 0.25) is 23.6 Å². The zero-order chi connectivity index (χ0) is 21.8. The lowest BCUT2D eigenvalue weighted by atomic mass is 9.81. The van der Waals surface area contributed by atoms with Gasteiger partial charge in [-0.2, -0.15) is 0 Å². The van der Waals surface area contributed by atoms with Gasteiger partial charge in [0.15, 0.2) is 0 Å². The third-order valence-electron chi connectivity index (χ3n) is 6.21. The van der Waals surface area contributed by atoms with Gasteiger partial charge in [0.25, 0.3) is 0 Å². The van der Waals surface area contributed by atoms with E-state index in [0.29, 0.717) is 39.0 Å². The first-order valence-corrected chi connectivity index (χ1v) is 10.5. The van der Waals surface area contributed by atoms with E-state index < -0.39 is 10.8 Å². The minimum Gasteiger partial charge on any atom is -0.355 e. The van der Waals surface area contributed by atoms with Crippen LogP contribution >= 0.6 is 0 Å². The molecular weight excluding hydrogens is 384 g/mol. The van der Waals surface area contributed by atoms with Crippen molar-refractivity contribution in [3.63, 3.8) is 0 Å². The molecule has 0 aromatic heterocycles. The Morgan fingerprint density at radius 3 is 1.50 bits per heavy atom. The van der Waals surface area contributed by atoms with E-state index in [9.17, 15) is 19.2 Å². The maximum atomic E-state index is 12.5. The average Bonchev–Trinajstić information content (AvgIpc) is 2.75. The Bertz CT molecular complexity index is 769.